The van der Waals surface area contributed by atoms with Crippen LogP contribution in [0.15, 0.2) is 18.2 Å². The molecule has 1 aromatic rings. The molecular weight excluding hydrogens is 338 g/mol. The summed E-state index contributed by atoms with van der Waals surface area (Å²) in [6.07, 6.45) is 0. The van der Waals surface area contributed by atoms with Crippen molar-refractivity contribution in [2.45, 2.75) is 51.9 Å². The van der Waals surface area contributed by atoms with E-state index in [1.54, 1.807) is 12.1 Å². The van der Waals surface area contributed by atoms with Crippen LogP contribution >= 0.6 is 11.6 Å². The highest BCUT2D eigenvalue weighted by Crippen LogP contribution is 2.36. The maximum absolute atomic E-state index is 12.8. The van der Waals surface area contributed by atoms with Crippen molar-refractivity contribution >= 4 is 30.1 Å². The van der Waals surface area contributed by atoms with Gasteiger partial charge in [0.15, 0.2) is 0 Å². The fraction of sp³-hybridized carbons (Fsp3) is 0.611. The molecule has 2 saturated heterocycles. The van der Waals surface area contributed by atoms with Crippen LogP contribution in [0.25, 0.3) is 0 Å². The summed E-state index contributed by atoms with van der Waals surface area (Å²) in [5.41, 5.74) is 0.537. The van der Waals surface area contributed by atoms with Gasteiger partial charge in [-0.25, -0.2) is 0 Å². The van der Waals surface area contributed by atoms with Crippen LogP contribution in [0.4, 0.5) is 0 Å². The number of nitrogens with one attached hydrogen (secondary N) is 1. The number of nitrogens with zero attached hydrogens (tertiary/aromatic N) is 1. The third-order valence-electron chi connectivity index (χ3n) is 5.40. The molecule has 2 fully saturated rings. The average Bonchev–Trinajstić information content (AvgIpc) is 2.75. The maximum atomic E-state index is 12.8. The quantitative estimate of drug-likeness (QED) is 0.816. The van der Waals surface area contributed by atoms with Crippen molar-refractivity contribution < 1.29 is 14.1 Å². The van der Waals surface area contributed by atoms with E-state index in [0.717, 1.165) is 12.0 Å². The molecule has 2 aliphatic heterocycles. The molecule has 0 aliphatic carbocycles. The minimum atomic E-state index is -0.481. The Labute approximate surface area is 155 Å². The van der Waals surface area contributed by atoms with E-state index in [4.69, 9.17) is 20.9 Å². The Morgan fingerprint density at radius 3 is 2.48 bits per heavy atom. The molecule has 0 spiro atoms. The van der Waals surface area contributed by atoms with E-state index in [1.807, 2.05) is 38.7 Å². The monoisotopic (exact) mass is 364 g/mol. The summed E-state index contributed by atoms with van der Waals surface area (Å²) in [7, 11) is -0.481. The predicted molar refractivity (Wildman–Crippen MR) is 101 cm³/mol. The zero-order valence-electron chi connectivity index (χ0n) is 15.6. The van der Waals surface area contributed by atoms with E-state index in [-0.39, 0.29) is 5.91 Å². The van der Waals surface area contributed by atoms with E-state index < -0.39 is 18.3 Å². The van der Waals surface area contributed by atoms with Crippen molar-refractivity contribution in [1.82, 2.24) is 10.2 Å². The Kier molecular flexibility index (Phi) is 4.92. The fourth-order valence-electron chi connectivity index (χ4n) is 3.12. The van der Waals surface area contributed by atoms with Crippen molar-refractivity contribution in [2.24, 2.45) is 0 Å². The lowest BCUT2D eigenvalue weighted by molar-refractivity contribution is 0.00578. The van der Waals surface area contributed by atoms with E-state index in [9.17, 15) is 4.79 Å². The second-order valence-corrected chi connectivity index (χ2v) is 8.34. The number of benzene rings is 1. The Balaban J connectivity index is 1.79. The molecule has 1 amide bonds. The summed E-state index contributed by atoms with van der Waals surface area (Å²) in [6.45, 7) is 12.3. The van der Waals surface area contributed by atoms with Gasteiger partial charge in [0.25, 0.3) is 5.91 Å². The molecule has 2 heterocycles. The Morgan fingerprint density at radius 1 is 1.28 bits per heavy atom. The minimum absolute atomic E-state index is 0.0289. The highest BCUT2D eigenvalue weighted by Gasteiger charge is 2.51. The van der Waals surface area contributed by atoms with Crippen molar-refractivity contribution in [3.63, 3.8) is 0 Å². The smallest absolute Gasteiger partial charge is 0.399 e. The van der Waals surface area contributed by atoms with Crippen molar-refractivity contribution in [3.05, 3.63) is 28.8 Å². The van der Waals surface area contributed by atoms with Crippen LogP contribution in [-0.2, 0) is 9.31 Å². The van der Waals surface area contributed by atoms with Gasteiger partial charge in [-0.3, -0.25) is 4.79 Å². The van der Waals surface area contributed by atoms with Crippen LogP contribution in [0.5, 0.6) is 0 Å². The molecule has 2 aliphatic rings. The molecule has 25 heavy (non-hydrogen) atoms. The van der Waals surface area contributed by atoms with E-state index >= 15 is 0 Å². The molecule has 0 unspecified atom stereocenters. The first kappa shape index (κ1) is 18.7. The predicted octanol–water partition coefficient (Wildman–Crippen LogP) is 2.07. The molecule has 0 aromatic heterocycles. The summed E-state index contributed by atoms with van der Waals surface area (Å²) in [5.74, 6) is -0.0289. The third kappa shape index (κ3) is 3.58. The minimum Gasteiger partial charge on any atom is -0.399 e. The SMILES string of the molecule is C[C@H]1CN(C(=O)c2ccc(B3OC(C)(C)C(C)(C)O3)cc2Cl)CCN1. The largest absolute Gasteiger partial charge is 0.494 e. The molecule has 1 aromatic carbocycles. The second-order valence-electron chi connectivity index (χ2n) is 7.93. The highest BCUT2D eigenvalue weighted by molar-refractivity contribution is 6.62. The zero-order chi connectivity index (χ0) is 18.4. The lowest BCUT2D eigenvalue weighted by Gasteiger charge is -2.32. The van der Waals surface area contributed by atoms with Gasteiger partial charge in [0.05, 0.1) is 21.8 Å². The standard InChI is InChI=1S/C18H26BClN2O3/c1-12-11-22(9-8-21-12)16(23)14-7-6-13(10-15(14)20)19-24-17(2,3)18(4,5)25-19/h6-7,10,12,21H,8-9,11H2,1-5H3/t12-/m0/s1. The molecule has 7 heteroatoms. The molecule has 5 nitrogen and oxygen atoms in total. The number of piperazine rings is 1. The summed E-state index contributed by atoms with van der Waals surface area (Å²) < 4.78 is 12.1. The van der Waals surface area contributed by atoms with E-state index in [1.165, 1.54) is 0 Å². The van der Waals surface area contributed by atoms with Gasteiger partial charge in [-0.15, -0.1) is 0 Å². The number of amides is 1. The van der Waals surface area contributed by atoms with Crippen molar-refractivity contribution in [1.29, 1.82) is 0 Å². The van der Waals surface area contributed by atoms with Gasteiger partial charge in [-0.2, -0.15) is 0 Å². The van der Waals surface area contributed by atoms with Crippen LogP contribution in [-0.4, -0.2) is 54.8 Å². The average molecular weight is 365 g/mol. The van der Waals surface area contributed by atoms with Gasteiger partial charge in [0, 0.05) is 25.7 Å². The first-order chi connectivity index (χ1) is 11.6. The Hall–Kier alpha value is -1.08. The Bertz CT molecular complexity index is 664. The van der Waals surface area contributed by atoms with Gasteiger partial charge < -0.3 is 19.5 Å². The van der Waals surface area contributed by atoms with Crippen LogP contribution in [0.3, 0.4) is 0 Å². The number of rotatable bonds is 2. The second kappa shape index (κ2) is 6.58. The normalized spacial score (nSPS) is 25.3. The first-order valence-corrected chi connectivity index (χ1v) is 9.16. The molecule has 0 saturated carbocycles. The van der Waals surface area contributed by atoms with Gasteiger partial charge in [0.2, 0.25) is 0 Å². The van der Waals surface area contributed by atoms with Gasteiger partial charge >= 0.3 is 7.12 Å². The van der Waals surface area contributed by atoms with E-state index in [0.29, 0.717) is 29.7 Å². The number of hydrogen-bond donors (Lipinski definition) is 1. The fourth-order valence-corrected chi connectivity index (χ4v) is 3.39. The van der Waals surface area contributed by atoms with Crippen LogP contribution in [0, 0.1) is 0 Å². The van der Waals surface area contributed by atoms with E-state index in [2.05, 4.69) is 12.2 Å². The molecule has 1 atom stereocenters. The first-order valence-electron chi connectivity index (χ1n) is 8.78. The van der Waals surface area contributed by atoms with Gasteiger partial charge in [0.1, 0.15) is 0 Å². The molecule has 3 rings (SSSR count). The molecular formula is C18H26BClN2O3. The number of carbonyl (C=O) groups excluding carboxylic acids is 1. The van der Waals surface area contributed by atoms with Gasteiger partial charge in [-0.1, -0.05) is 17.7 Å². The summed E-state index contributed by atoms with van der Waals surface area (Å²) in [6, 6.07) is 5.72. The van der Waals surface area contributed by atoms with Crippen molar-refractivity contribution in [3.8, 4) is 0 Å². The van der Waals surface area contributed by atoms with Crippen LogP contribution in [0.2, 0.25) is 5.02 Å². The maximum Gasteiger partial charge on any atom is 0.494 e. The Morgan fingerprint density at radius 2 is 1.92 bits per heavy atom. The lowest BCUT2D eigenvalue weighted by Crippen LogP contribution is -2.51. The number of halogens is 1. The summed E-state index contributed by atoms with van der Waals surface area (Å²) in [4.78, 5) is 14.6. The van der Waals surface area contributed by atoms with Crippen LogP contribution < -0.4 is 10.8 Å². The number of hydrogen-bond acceptors (Lipinski definition) is 4. The van der Waals surface area contributed by atoms with Crippen molar-refractivity contribution in [2.75, 3.05) is 19.6 Å². The topological polar surface area (TPSA) is 50.8 Å². The molecule has 0 bridgehead atoms. The summed E-state index contributed by atoms with van der Waals surface area (Å²) in [5, 5.41) is 3.77. The number of carbonyl (C=O) groups is 1. The molecule has 136 valence electrons. The zero-order valence-corrected chi connectivity index (χ0v) is 16.3. The van der Waals surface area contributed by atoms with Crippen LogP contribution in [0.1, 0.15) is 45.0 Å². The van der Waals surface area contributed by atoms with Gasteiger partial charge in [-0.05, 0) is 52.2 Å². The summed E-state index contributed by atoms with van der Waals surface area (Å²) >= 11 is 6.43. The molecule has 0 radical (unpaired) electrons. The lowest BCUT2D eigenvalue weighted by atomic mass is 9.79. The highest BCUT2D eigenvalue weighted by atomic mass is 35.5. The third-order valence-corrected chi connectivity index (χ3v) is 5.72. The molecule has 1 N–H and O–H groups in total.